The number of thioether (sulfide) groups is 1. The molecule has 30 heavy (non-hydrogen) atoms. The summed E-state index contributed by atoms with van der Waals surface area (Å²) in [5.41, 5.74) is 2.33. The first kappa shape index (κ1) is 20.8. The Bertz CT molecular complexity index is 919. The highest BCUT2D eigenvalue weighted by Crippen LogP contribution is 2.25. The SMILES string of the molecule is O=C(NC1CCN(CCc2ccccc2)CC1)c1occc1CSc1ccccc1. The smallest absolute Gasteiger partial charge is 0.287 e. The van der Waals surface area contributed by atoms with Crippen molar-refractivity contribution in [3.8, 4) is 0 Å². The molecule has 2 aromatic carbocycles. The number of nitrogens with zero attached hydrogens (tertiary/aromatic N) is 1. The molecule has 156 valence electrons. The van der Waals surface area contributed by atoms with E-state index in [-0.39, 0.29) is 11.9 Å². The van der Waals surface area contributed by atoms with Crippen LogP contribution in [0.4, 0.5) is 0 Å². The molecule has 0 atom stereocenters. The molecule has 1 fully saturated rings. The van der Waals surface area contributed by atoms with Crippen molar-refractivity contribution in [2.24, 2.45) is 0 Å². The Balaban J connectivity index is 1.23. The zero-order valence-corrected chi connectivity index (χ0v) is 17.9. The summed E-state index contributed by atoms with van der Waals surface area (Å²) in [4.78, 5) is 16.4. The zero-order valence-electron chi connectivity index (χ0n) is 17.1. The van der Waals surface area contributed by atoms with Crippen molar-refractivity contribution in [3.05, 3.63) is 89.9 Å². The summed E-state index contributed by atoms with van der Waals surface area (Å²) >= 11 is 1.71. The van der Waals surface area contributed by atoms with E-state index in [1.54, 1.807) is 18.0 Å². The van der Waals surface area contributed by atoms with Gasteiger partial charge in [-0.25, -0.2) is 0 Å². The number of benzene rings is 2. The standard InChI is InChI=1S/C25H28N2O2S/c28-25(24-21(14-18-29-24)19-30-23-9-5-2-6-10-23)26-22-12-16-27(17-13-22)15-11-20-7-3-1-4-8-20/h1-10,14,18,22H,11-13,15-17,19H2,(H,26,28). The topological polar surface area (TPSA) is 45.5 Å². The maximum Gasteiger partial charge on any atom is 0.287 e. The van der Waals surface area contributed by atoms with E-state index in [9.17, 15) is 4.79 Å². The lowest BCUT2D eigenvalue weighted by molar-refractivity contribution is 0.0882. The van der Waals surface area contributed by atoms with E-state index in [0.717, 1.165) is 50.2 Å². The quantitative estimate of drug-likeness (QED) is 0.521. The van der Waals surface area contributed by atoms with Crippen LogP contribution in [0, 0.1) is 0 Å². The molecule has 2 heterocycles. The van der Waals surface area contributed by atoms with Gasteiger partial charge in [-0.3, -0.25) is 4.79 Å². The van der Waals surface area contributed by atoms with Crippen LogP contribution >= 0.6 is 11.8 Å². The fourth-order valence-electron chi connectivity index (χ4n) is 3.81. The Morgan fingerprint density at radius 2 is 1.70 bits per heavy atom. The Kier molecular flexibility index (Phi) is 7.27. The molecule has 0 saturated carbocycles. The van der Waals surface area contributed by atoms with Gasteiger partial charge in [0.1, 0.15) is 0 Å². The molecule has 4 rings (SSSR count). The van der Waals surface area contributed by atoms with Gasteiger partial charge in [-0.2, -0.15) is 0 Å². The van der Waals surface area contributed by atoms with E-state index in [1.165, 1.54) is 10.5 Å². The van der Waals surface area contributed by atoms with Crippen LogP contribution in [0.25, 0.3) is 0 Å². The molecule has 1 saturated heterocycles. The monoisotopic (exact) mass is 420 g/mol. The first-order chi connectivity index (χ1) is 14.8. The number of amides is 1. The van der Waals surface area contributed by atoms with Gasteiger partial charge in [-0.05, 0) is 43.0 Å². The molecule has 5 heteroatoms. The molecular weight excluding hydrogens is 392 g/mol. The average molecular weight is 421 g/mol. The molecular formula is C25H28N2O2S. The highest BCUT2D eigenvalue weighted by Gasteiger charge is 2.23. The second kappa shape index (κ2) is 10.5. The summed E-state index contributed by atoms with van der Waals surface area (Å²) in [7, 11) is 0. The Hall–Kier alpha value is -2.50. The minimum Gasteiger partial charge on any atom is -0.459 e. The molecule has 3 aromatic rings. The molecule has 1 N–H and O–H groups in total. The van der Waals surface area contributed by atoms with Gasteiger partial charge in [0.25, 0.3) is 5.91 Å². The van der Waals surface area contributed by atoms with Gasteiger partial charge in [0.15, 0.2) is 5.76 Å². The number of rotatable bonds is 8. The van der Waals surface area contributed by atoms with Crippen LogP contribution in [0.1, 0.15) is 34.5 Å². The maximum absolute atomic E-state index is 12.8. The largest absolute Gasteiger partial charge is 0.459 e. The van der Waals surface area contributed by atoms with Crippen molar-refractivity contribution in [1.29, 1.82) is 0 Å². The van der Waals surface area contributed by atoms with Crippen LogP contribution < -0.4 is 5.32 Å². The Labute approximate surface area is 182 Å². The summed E-state index contributed by atoms with van der Waals surface area (Å²) in [6, 6.07) is 22.9. The van der Waals surface area contributed by atoms with Gasteiger partial charge in [-0.1, -0.05) is 48.5 Å². The van der Waals surface area contributed by atoms with Crippen LogP contribution in [0.15, 0.2) is 82.3 Å². The summed E-state index contributed by atoms with van der Waals surface area (Å²) in [5, 5.41) is 3.19. The molecule has 0 spiro atoms. The van der Waals surface area contributed by atoms with Crippen LogP contribution in [0.2, 0.25) is 0 Å². The van der Waals surface area contributed by atoms with Crippen LogP contribution in [-0.4, -0.2) is 36.5 Å². The van der Waals surface area contributed by atoms with Crippen molar-refractivity contribution in [1.82, 2.24) is 10.2 Å². The van der Waals surface area contributed by atoms with Crippen molar-refractivity contribution < 1.29 is 9.21 Å². The van der Waals surface area contributed by atoms with Gasteiger partial charge in [-0.15, -0.1) is 11.8 Å². The molecule has 1 aromatic heterocycles. The van der Waals surface area contributed by atoms with Crippen molar-refractivity contribution >= 4 is 17.7 Å². The summed E-state index contributed by atoms with van der Waals surface area (Å²) in [5.74, 6) is 1.08. The van der Waals surface area contributed by atoms with Crippen molar-refractivity contribution in [2.45, 2.75) is 36.0 Å². The number of hydrogen-bond donors (Lipinski definition) is 1. The number of carbonyl (C=O) groups excluding carboxylic acids is 1. The van der Waals surface area contributed by atoms with E-state index in [0.29, 0.717) is 5.76 Å². The van der Waals surface area contributed by atoms with Gasteiger partial charge in [0.05, 0.1) is 6.26 Å². The van der Waals surface area contributed by atoms with Crippen LogP contribution in [0.5, 0.6) is 0 Å². The second-order valence-corrected chi connectivity index (χ2v) is 8.75. The van der Waals surface area contributed by atoms with Gasteiger partial charge >= 0.3 is 0 Å². The van der Waals surface area contributed by atoms with Crippen molar-refractivity contribution in [2.75, 3.05) is 19.6 Å². The first-order valence-electron chi connectivity index (χ1n) is 10.6. The number of carbonyl (C=O) groups is 1. The van der Waals surface area contributed by atoms with E-state index in [2.05, 4.69) is 52.7 Å². The second-order valence-electron chi connectivity index (χ2n) is 7.70. The lowest BCUT2D eigenvalue weighted by atomic mass is 10.0. The van der Waals surface area contributed by atoms with Gasteiger partial charge in [0.2, 0.25) is 0 Å². The fraction of sp³-hybridized carbons (Fsp3) is 0.320. The van der Waals surface area contributed by atoms with E-state index >= 15 is 0 Å². The third kappa shape index (κ3) is 5.77. The summed E-state index contributed by atoms with van der Waals surface area (Å²) in [6.07, 6.45) is 4.65. The molecule has 0 bridgehead atoms. The minimum atomic E-state index is -0.0913. The number of likely N-dealkylation sites (tertiary alicyclic amines) is 1. The lowest BCUT2D eigenvalue weighted by Crippen LogP contribution is -2.45. The number of nitrogens with one attached hydrogen (secondary N) is 1. The molecule has 1 aliphatic heterocycles. The average Bonchev–Trinajstić information content (AvgIpc) is 3.27. The number of hydrogen-bond acceptors (Lipinski definition) is 4. The van der Waals surface area contributed by atoms with E-state index < -0.39 is 0 Å². The maximum atomic E-state index is 12.8. The predicted octanol–water partition coefficient (Wildman–Crippen LogP) is 5.01. The molecule has 0 radical (unpaired) electrons. The Morgan fingerprint density at radius 1 is 1.00 bits per heavy atom. The molecule has 1 aliphatic rings. The van der Waals surface area contributed by atoms with Crippen molar-refractivity contribution in [3.63, 3.8) is 0 Å². The predicted molar refractivity (Wildman–Crippen MR) is 122 cm³/mol. The molecule has 4 nitrogen and oxygen atoms in total. The lowest BCUT2D eigenvalue weighted by Gasteiger charge is -2.32. The molecule has 0 unspecified atom stereocenters. The normalized spacial score (nSPS) is 15.2. The molecule has 0 aliphatic carbocycles. The Morgan fingerprint density at radius 3 is 2.43 bits per heavy atom. The highest BCUT2D eigenvalue weighted by molar-refractivity contribution is 7.98. The third-order valence-corrected chi connectivity index (χ3v) is 6.63. The first-order valence-corrected chi connectivity index (χ1v) is 11.6. The number of furan rings is 1. The zero-order chi connectivity index (χ0) is 20.6. The van der Waals surface area contributed by atoms with Crippen LogP contribution in [-0.2, 0) is 12.2 Å². The fourth-order valence-corrected chi connectivity index (χ4v) is 4.71. The summed E-state index contributed by atoms with van der Waals surface area (Å²) < 4.78 is 5.53. The highest BCUT2D eigenvalue weighted by atomic mass is 32.2. The van der Waals surface area contributed by atoms with Gasteiger partial charge in [0, 0.05) is 41.9 Å². The van der Waals surface area contributed by atoms with Crippen LogP contribution in [0.3, 0.4) is 0 Å². The molecule has 1 amide bonds. The third-order valence-electron chi connectivity index (χ3n) is 5.57. The van der Waals surface area contributed by atoms with E-state index in [1.807, 2.05) is 24.3 Å². The minimum absolute atomic E-state index is 0.0913. The van der Waals surface area contributed by atoms with Gasteiger partial charge < -0.3 is 14.6 Å². The van der Waals surface area contributed by atoms with E-state index in [4.69, 9.17) is 4.42 Å². The number of piperidine rings is 1. The summed E-state index contributed by atoms with van der Waals surface area (Å²) in [6.45, 7) is 3.11.